The second kappa shape index (κ2) is 11.5. The number of rotatable bonds is 8. The lowest BCUT2D eigenvalue weighted by Crippen LogP contribution is -2.52. The van der Waals surface area contributed by atoms with Crippen LogP contribution in [0.25, 0.3) is 0 Å². The maximum Gasteiger partial charge on any atom is 0.408 e. The highest BCUT2D eigenvalue weighted by Gasteiger charge is 2.34. The van der Waals surface area contributed by atoms with Crippen LogP contribution in [0, 0.1) is 11.3 Å². The number of nitrogens with zero attached hydrogens (tertiary/aromatic N) is 2. The van der Waals surface area contributed by atoms with Gasteiger partial charge in [-0.2, -0.15) is 5.26 Å². The van der Waals surface area contributed by atoms with E-state index in [4.69, 9.17) is 4.74 Å². The van der Waals surface area contributed by atoms with Crippen LogP contribution in [0.4, 0.5) is 4.79 Å². The maximum atomic E-state index is 13.1. The third kappa shape index (κ3) is 8.14. The smallest absolute Gasteiger partial charge is 0.408 e. The number of hydrogen-bond donors (Lipinski definition) is 3. The Hall–Kier alpha value is -3.81. The fourth-order valence-corrected chi connectivity index (χ4v) is 2.63. The predicted octanol–water partition coefficient (Wildman–Crippen LogP) is 0.988. The zero-order valence-electron chi connectivity index (χ0n) is 18.7. The lowest BCUT2D eigenvalue weighted by molar-refractivity contribution is -0.144. The van der Waals surface area contributed by atoms with Crippen molar-refractivity contribution in [2.45, 2.75) is 45.4 Å². The number of carbonyl (C=O) groups is 4. The van der Waals surface area contributed by atoms with Crippen LogP contribution in [0.1, 0.15) is 39.3 Å². The quantitative estimate of drug-likeness (QED) is 0.392. The first kappa shape index (κ1) is 26.2. The second-order valence-corrected chi connectivity index (χ2v) is 7.78. The molecule has 32 heavy (non-hydrogen) atoms. The molecule has 0 saturated carbocycles. The van der Waals surface area contributed by atoms with Gasteiger partial charge in [-0.05, 0) is 45.4 Å². The summed E-state index contributed by atoms with van der Waals surface area (Å²) in [6.07, 6.45) is -0.841. The summed E-state index contributed by atoms with van der Waals surface area (Å²) in [6, 6.07) is 4.80. The molecule has 0 aliphatic heterocycles. The van der Waals surface area contributed by atoms with Crippen molar-refractivity contribution >= 4 is 23.9 Å². The van der Waals surface area contributed by atoms with E-state index in [0.717, 1.165) is 12.0 Å². The first-order valence-corrected chi connectivity index (χ1v) is 9.70. The summed E-state index contributed by atoms with van der Waals surface area (Å²) >= 11 is 0. The van der Waals surface area contributed by atoms with Gasteiger partial charge in [0.05, 0.1) is 13.2 Å². The Bertz CT molecular complexity index is 872. The van der Waals surface area contributed by atoms with Gasteiger partial charge in [-0.3, -0.25) is 14.4 Å². The molecule has 1 aromatic carbocycles. The molecule has 174 valence electrons. The lowest BCUT2D eigenvalue weighted by atomic mass is 10.0. The van der Waals surface area contributed by atoms with E-state index in [2.05, 4.69) is 15.4 Å². The van der Waals surface area contributed by atoms with E-state index in [-0.39, 0.29) is 11.3 Å². The van der Waals surface area contributed by atoms with Crippen LogP contribution in [-0.2, 0) is 23.9 Å². The zero-order valence-corrected chi connectivity index (χ0v) is 18.7. The van der Waals surface area contributed by atoms with Crippen molar-refractivity contribution in [3.8, 4) is 11.8 Å². The summed E-state index contributed by atoms with van der Waals surface area (Å²) in [5.41, 5.74) is -0.514. The van der Waals surface area contributed by atoms with Crippen LogP contribution in [0.2, 0.25) is 0 Å². The Morgan fingerprint density at radius 2 is 1.78 bits per heavy atom. The number of carbonyl (C=O) groups excluding carboxylic acids is 4. The van der Waals surface area contributed by atoms with Crippen molar-refractivity contribution in [3.63, 3.8) is 0 Å². The fourth-order valence-electron chi connectivity index (χ4n) is 2.63. The highest BCUT2D eigenvalue weighted by molar-refractivity contribution is 5.93. The number of methoxy groups -OCH3 is 1. The zero-order chi connectivity index (χ0) is 24.5. The second-order valence-electron chi connectivity index (χ2n) is 7.78. The number of alkyl carbamates (subject to hydrolysis) is 1. The van der Waals surface area contributed by atoms with E-state index in [9.17, 15) is 29.5 Å². The average molecular weight is 448 g/mol. The Balaban J connectivity index is 3.22. The Morgan fingerprint density at radius 3 is 2.28 bits per heavy atom. The number of hydrogen-bond acceptors (Lipinski definition) is 8. The number of phenolic OH excluding ortho intramolecular Hbond substituents is 1. The number of phenols is 1. The highest BCUT2D eigenvalue weighted by atomic mass is 16.6. The monoisotopic (exact) mass is 448 g/mol. The van der Waals surface area contributed by atoms with Crippen molar-refractivity contribution in [1.82, 2.24) is 15.5 Å². The third-order valence-electron chi connectivity index (χ3n) is 4.03. The first-order chi connectivity index (χ1) is 14.9. The molecule has 0 fully saturated rings. The molecular formula is C21H28N4O7. The number of nitrogens with one attached hydrogen (secondary N) is 2. The predicted molar refractivity (Wildman–Crippen MR) is 112 cm³/mol. The number of benzene rings is 1. The third-order valence-corrected chi connectivity index (χ3v) is 4.03. The van der Waals surface area contributed by atoms with Gasteiger partial charge in [0.2, 0.25) is 11.8 Å². The molecule has 0 radical (unpaired) electrons. The topological polar surface area (TPSA) is 158 Å². The summed E-state index contributed by atoms with van der Waals surface area (Å²) in [6.45, 7) is 5.42. The van der Waals surface area contributed by atoms with Gasteiger partial charge in [0.25, 0.3) is 0 Å². The summed E-state index contributed by atoms with van der Waals surface area (Å²) in [4.78, 5) is 50.4. The van der Waals surface area contributed by atoms with Crippen molar-refractivity contribution in [3.05, 3.63) is 29.8 Å². The molecule has 0 heterocycles. The SMILES string of the molecule is COC(=O)CNC(=O)C(c1ccc(O)cc1)N(CC#N)C(=O)C(C)NC(=O)OC(C)(C)C. The molecular weight excluding hydrogens is 420 g/mol. The van der Waals surface area contributed by atoms with E-state index in [0.29, 0.717) is 0 Å². The van der Waals surface area contributed by atoms with Gasteiger partial charge in [0.1, 0.15) is 36.5 Å². The molecule has 1 aromatic rings. The molecule has 0 spiro atoms. The number of nitriles is 1. The Kier molecular flexibility index (Phi) is 9.46. The van der Waals surface area contributed by atoms with Gasteiger partial charge in [-0.25, -0.2) is 4.79 Å². The summed E-state index contributed by atoms with van der Waals surface area (Å²) in [5, 5.41) is 23.6. The van der Waals surface area contributed by atoms with Gasteiger partial charge in [0.15, 0.2) is 0 Å². The van der Waals surface area contributed by atoms with Crippen LogP contribution >= 0.6 is 0 Å². The van der Waals surface area contributed by atoms with E-state index in [1.807, 2.05) is 6.07 Å². The minimum atomic E-state index is -1.32. The van der Waals surface area contributed by atoms with E-state index in [1.165, 1.54) is 31.2 Å². The van der Waals surface area contributed by atoms with E-state index >= 15 is 0 Å². The Morgan fingerprint density at radius 1 is 1.19 bits per heavy atom. The van der Waals surface area contributed by atoms with Gasteiger partial charge in [-0.1, -0.05) is 12.1 Å². The number of esters is 1. The average Bonchev–Trinajstić information content (AvgIpc) is 2.70. The molecule has 0 saturated heterocycles. The van der Waals surface area contributed by atoms with Gasteiger partial charge < -0.3 is 30.1 Å². The van der Waals surface area contributed by atoms with E-state index < -0.39 is 54.7 Å². The van der Waals surface area contributed by atoms with Crippen molar-refractivity contribution in [2.24, 2.45) is 0 Å². The molecule has 1 rings (SSSR count). The molecule has 2 atom stereocenters. The number of aromatic hydroxyl groups is 1. The van der Waals surface area contributed by atoms with Crippen molar-refractivity contribution in [1.29, 1.82) is 5.26 Å². The molecule has 3 N–H and O–H groups in total. The van der Waals surface area contributed by atoms with Crippen LogP contribution < -0.4 is 10.6 Å². The normalized spacial score (nSPS) is 12.5. The molecule has 0 bridgehead atoms. The van der Waals surface area contributed by atoms with Crippen molar-refractivity contribution < 1.29 is 33.8 Å². The molecule has 11 nitrogen and oxygen atoms in total. The van der Waals surface area contributed by atoms with Crippen molar-refractivity contribution in [2.75, 3.05) is 20.2 Å². The maximum absolute atomic E-state index is 13.1. The largest absolute Gasteiger partial charge is 0.508 e. The number of amides is 3. The van der Waals surface area contributed by atoms with Gasteiger partial charge in [-0.15, -0.1) is 0 Å². The summed E-state index contributed by atoms with van der Waals surface area (Å²) in [5.74, 6) is -2.26. The standard InChI is InChI=1S/C21H28N4O7/c1-13(24-20(30)32-21(2,3)4)19(29)25(11-10-22)17(14-6-8-15(26)9-7-14)18(28)23-12-16(27)31-5/h6-9,13,17,26H,11-12H2,1-5H3,(H,23,28)(H,24,30). The Labute approximate surface area is 186 Å². The molecule has 3 amide bonds. The van der Waals surface area contributed by atoms with Crippen LogP contribution in [0.3, 0.4) is 0 Å². The summed E-state index contributed by atoms with van der Waals surface area (Å²) in [7, 11) is 1.15. The molecule has 2 unspecified atom stereocenters. The van der Waals surface area contributed by atoms with Crippen LogP contribution in [0.15, 0.2) is 24.3 Å². The molecule has 11 heteroatoms. The molecule has 0 aliphatic carbocycles. The fraction of sp³-hybridized carbons (Fsp3) is 0.476. The summed E-state index contributed by atoms with van der Waals surface area (Å²) < 4.78 is 9.63. The van der Waals surface area contributed by atoms with Gasteiger partial charge in [0, 0.05) is 0 Å². The van der Waals surface area contributed by atoms with Crippen LogP contribution in [-0.4, -0.2) is 65.7 Å². The molecule has 0 aliphatic rings. The molecule has 0 aromatic heterocycles. The minimum absolute atomic E-state index is 0.0689. The van der Waals surface area contributed by atoms with Crippen LogP contribution in [0.5, 0.6) is 5.75 Å². The minimum Gasteiger partial charge on any atom is -0.508 e. The van der Waals surface area contributed by atoms with Gasteiger partial charge >= 0.3 is 12.1 Å². The highest BCUT2D eigenvalue weighted by Crippen LogP contribution is 2.24. The number of ether oxygens (including phenoxy) is 2. The first-order valence-electron chi connectivity index (χ1n) is 9.70. The van der Waals surface area contributed by atoms with E-state index in [1.54, 1.807) is 20.8 Å². The lowest BCUT2D eigenvalue weighted by Gasteiger charge is -2.31.